The second-order valence-electron chi connectivity index (χ2n) is 5.60. The zero-order valence-electron chi connectivity index (χ0n) is 13.8. The van der Waals surface area contributed by atoms with Crippen LogP contribution in [-0.4, -0.2) is 74.2 Å². The fourth-order valence-corrected chi connectivity index (χ4v) is 2.71. The number of halogens is 2. The minimum Gasteiger partial charge on any atom is -0.502 e. The molecule has 6 nitrogen and oxygen atoms in total. The lowest BCUT2D eigenvalue weighted by atomic mass is 10.1. The Morgan fingerprint density at radius 2 is 1.71 bits per heavy atom. The average molecular weight is 344 g/mol. The highest BCUT2D eigenvalue weighted by Crippen LogP contribution is 2.37. The van der Waals surface area contributed by atoms with Crippen LogP contribution >= 0.6 is 0 Å². The molecule has 1 fully saturated rings. The lowest BCUT2D eigenvalue weighted by Crippen LogP contribution is -2.50. The van der Waals surface area contributed by atoms with Crippen molar-refractivity contribution in [3.05, 3.63) is 17.7 Å². The van der Waals surface area contributed by atoms with Crippen LogP contribution in [0.15, 0.2) is 12.1 Å². The molecule has 1 aromatic carbocycles. The van der Waals surface area contributed by atoms with Gasteiger partial charge in [0.25, 0.3) is 6.43 Å². The summed E-state index contributed by atoms with van der Waals surface area (Å²) in [6.45, 7) is 1.49. The van der Waals surface area contributed by atoms with E-state index in [2.05, 4.69) is 0 Å². The maximum atomic E-state index is 12.4. The first-order valence-electron chi connectivity index (χ1n) is 7.66. The predicted octanol–water partition coefficient (Wildman–Crippen LogP) is 1.36. The van der Waals surface area contributed by atoms with E-state index in [0.29, 0.717) is 31.7 Å². The van der Waals surface area contributed by atoms with Crippen LogP contribution in [-0.2, 0) is 11.2 Å². The lowest BCUT2D eigenvalue weighted by molar-refractivity contribution is -0.132. The number of phenols is 1. The minimum atomic E-state index is -2.36. The van der Waals surface area contributed by atoms with E-state index in [4.69, 9.17) is 9.47 Å². The molecule has 2 rings (SSSR count). The first-order valence-corrected chi connectivity index (χ1v) is 7.66. The molecule has 24 heavy (non-hydrogen) atoms. The van der Waals surface area contributed by atoms with Crippen LogP contribution in [0.4, 0.5) is 8.78 Å². The Kier molecular flexibility index (Phi) is 6.19. The third kappa shape index (κ3) is 4.47. The summed E-state index contributed by atoms with van der Waals surface area (Å²) < 4.78 is 34.9. The van der Waals surface area contributed by atoms with Gasteiger partial charge in [0.05, 0.1) is 27.2 Å². The van der Waals surface area contributed by atoms with Crippen LogP contribution in [0.25, 0.3) is 0 Å². The Hall–Kier alpha value is -2.09. The molecular formula is C16H22F2N2O4. The summed E-state index contributed by atoms with van der Waals surface area (Å²) in [6.07, 6.45) is -2.23. The molecule has 134 valence electrons. The van der Waals surface area contributed by atoms with Gasteiger partial charge < -0.3 is 19.5 Å². The van der Waals surface area contributed by atoms with Gasteiger partial charge in [-0.25, -0.2) is 8.78 Å². The molecule has 0 saturated carbocycles. The van der Waals surface area contributed by atoms with Gasteiger partial charge in [-0.1, -0.05) is 0 Å². The minimum absolute atomic E-state index is 0.0958. The number of carbonyl (C=O) groups excluding carboxylic acids is 1. The standard InChI is InChI=1S/C16H22F2N2O4/c1-23-12-7-11(8-13(24-2)16(12)22)9-15(21)20-5-3-19(4-6-20)10-14(17)18/h7-8,14,22H,3-6,9-10H2,1-2H3. The molecule has 0 radical (unpaired) electrons. The summed E-state index contributed by atoms with van der Waals surface area (Å²) in [4.78, 5) is 15.7. The van der Waals surface area contributed by atoms with Crippen molar-refractivity contribution in [2.45, 2.75) is 12.8 Å². The molecule has 1 aliphatic heterocycles. The highest BCUT2D eigenvalue weighted by atomic mass is 19.3. The molecule has 0 aromatic heterocycles. The van der Waals surface area contributed by atoms with Crippen LogP contribution in [0.2, 0.25) is 0 Å². The monoisotopic (exact) mass is 344 g/mol. The average Bonchev–Trinajstić information content (AvgIpc) is 2.56. The fourth-order valence-electron chi connectivity index (χ4n) is 2.71. The lowest BCUT2D eigenvalue weighted by Gasteiger charge is -2.34. The van der Waals surface area contributed by atoms with Crippen LogP contribution in [0.1, 0.15) is 5.56 Å². The smallest absolute Gasteiger partial charge is 0.251 e. The van der Waals surface area contributed by atoms with Gasteiger partial charge in [-0.3, -0.25) is 9.69 Å². The van der Waals surface area contributed by atoms with Gasteiger partial charge >= 0.3 is 0 Å². The number of hydrogen-bond donors (Lipinski definition) is 1. The number of ether oxygens (including phenoxy) is 2. The number of piperazine rings is 1. The number of amides is 1. The van der Waals surface area contributed by atoms with E-state index in [1.165, 1.54) is 14.2 Å². The zero-order valence-corrected chi connectivity index (χ0v) is 13.8. The van der Waals surface area contributed by atoms with Crippen molar-refractivity contribution >= 4 is 5.91 Å². The molecule has 1 saturated heterocycles. The normalized spacial score (nSPS) is 15.6. The van der Waals surface area contributed by atoms with Crippen molar-refractivity contribution in [1.29, 1.82) is 0 Å². The van der Waals surface area contributed by atoms with E-state index in [1.54, 1.807) is 21.9 Å². The topological polar surface area (TPSA) is 62.2 Å². The molecule has 0 spiro atoms. The van der Waals surface area contributed by atoms with E-state index in [0.717, 1.165) is 0 Å². The predicted molar refractivity (Wildman–Crippen MR) is 83.9 cm³/mol. The number of alkyl halides is 2. The Bertz CT molecular complexity index is 550. The molecule has 0 atom stereocenters. The molecule has 1 aliphatic rings. The maximum absolute atomic E-state index is 12.4. The SMILES string of the molecule is COc1cc(CC(=O)N2CCN(CC(F)F)CC2)cc(OC)c1O. The third-order valence-electron chi connectivity index (χ3n) is 4.02. The Morgan fingerprint density at radius 3 is 2.17 bits per heavy atom. The van der Waals surface area contributed by atoms with E-state index in [-0.39, 0.29) is 36.1 Å². The molecule has 1 amide bonds. The Balaban J connectivity index is 1.98. The number of methoxy groups -OCH3 is 2. The molecule has 0 unspecified atom stereocenters. The molecular weight excluding hydrogens is 322 g/mol. The van der Waals surface area contributed by atoms with E-state index in [1.807, 2.05) is 0 Å². The Labute approximate surface area is 139 Å². The second kappa shape index (κ2) is 8.14. The summed E-state index contributed by atoms with van der Waals surface area (Å²) in [7, 11) is 2.84. The van der Waals surface area contributed by atoms with Gasteiger partial charge in [-0.15, -0.1) is 0 Å². The van der Waals surface area contributed by atoms with E-state index >= 15 is 0 Å². The number of hydrogen-bond acceptors (Lipinski definition) is 5. The summed E-state index contributed by atoms with van der Waals surface area (Å²) in [6, 6.07) is 3.17. The van der Waals surface area contributed by atoms with Gasteiger partial charge in [0, 0.05) is 26.2 Å². The third-order valence-corrected chi connectivity index (χ3v) is 4.02. The summed E-state index contributed by atoms with van der Waals surface area (Å²) in [5.41, 5.74) is 0.654. The first-order chi connectivity index (χ1) is 11.4. The van der Waals surface area contributed by atoms with Gasteiger partial charge in [-0.05, 0) is 17.7 Å². The molecule has 1 N–H and O–H groups in total. The van der Waals surface area contributed by atoms with Crippen molar-refractivity contribution in [3.63, 3.8) is 0 Å². The van der Waals surface area contributed by atoms with Gasteiger partial charge in [0.1, 0.15) is 0 Å². The van der Waals surface area contributed by atoms with E-state index in [9.17, 15) is 18.7 Å². The summed E-state index contributed by atoms with van der Waals surface area (Å²) >= 11 is 0. The molecule has 1 aromatic rings. The van der Waals surface area contributed by atoms with E-state index < -0.39 is 6.43 Å². The van der Waals surface area contributed by atoms with Gasteiger partial charge in [0.2, 0.25) is 11.7 Å². The Morgan fingerprint density at radius 1 is 1.17 bits per heavy atom. The van der Waals surface area contributed by atoms with Crippen molar-refractivity contribution in [3.8, 4) is 17.2 Å². The first kappa shape index (κ1) is 18.3. The number of rotatable bonds is 6. The van der Waals surface area contributed by atoms with Crippen LogP contribution < -0.4 is 9.47 Å². The fraction of sp³-hybridized carbons (Fsp3) is 0.562. The number of phenolic OH excluding ortho intramolecular Hbond substituents is 1. The van der Waals surface area contributed by atoms with Crippen LogP contribution in [0, 0.1) is 0 Å². The summed E-state index contributed by atoms with van der Waals surface area (Å²) in [5, 5.41) is 9.89. The second-order valence-corrected chi connectivity index (χ2v) is 5.60. The van der Waals surface area contributed by atoms with Crippen molar-refractivity contribution in [2.75, 3.05) is 46.9 Å². The number of benzene rings is 1. The number of carbonyl (C=O) groups is 1. The maximum Gasteiger partial charge on any atom is 0.251 e. The largest absolute Gasteiger partial charge is 0.502 e. The summed E-state index contributed by atoms with van der Waals surface area (Å²) in [5.74, 6) is 0.260. The van der Waals surface area contributed by atoms with Crippen molar-refractivity contribution in [1.82, 2.24) is 9.80 Å². The molecule has 8 heteroatoms. The highest BCUT2D eigenvalue weighted by molar-refractivity contribution is 5.79. The number of aromatic hydroxyl groups is 1. The van der Waals surface area contributed by atoms with Crippen molar-refractivity contribution in [2.24, 2.45) is 0 Å². The number of nitrogens with zero attached hydrogens (tertiary/aromatic N) is 2. The van der Waals surface area contributed by atoms with Crippen molar-refractivity contribution < 1.29 is 28.2 Å². The van der Waals surface area contributed by atoms with Crippen LogP contribution in [0.3, 0.4) is 0 Å². The molecule has 0 bridgehead atoms. The van der Waals surface area contributed by atoms with Gasteiger partial charge in [-0.2, -0.15) is 0 Å². The molecule has 1 heterocycles. The van der Waals surface area contributed by atoms with Crippen LogP contribution in [0.5, 0.6) is 17.2 Å². The highest BCUT2D eigenvalue weighted by Gasteiger charge is 2.23. The van der Waals surface area contributed by atoms with Gasteiger partial charge in [0.15, 0.2) is 11.5 Å². The zero-order chi connectivity index (χ0) is 17.7. The molecule has 0 aliphatic carbocycles. The quantitative estimate of drug-likeness (QED) is 0.844.